The first-order chi connectivity index (χ1) is 10.6. The van der Waals surface area contributed by atoms with Crippen LogP contribution in [0.25, 0.3) is 0 Å². The highest BCUT2D eigenvalue weighted by Gasteiger charge is 2.38. The quantitative estimate of drug-likeness (QED) is 0.910. The number of nitrogens with zero attached hydrogens (tertiary/aromatic N) is 1. The van der Waals surface area contributed by atoms with Crippen molar-refractivity contribution in [2.24, 2.45) is 0 Å². The van der Waals surface area contributed by atoms with Gasteiger partial charge in [-0.05, 0) is 36.4 Å². The number of hydrogen-bond donors (Lipinski definition) is 2. The molecule has 1 unspecified atom stereocenters. The Labute approximate surface area is 133 Å². The molecule has 0 saturated carbocycles. The van der Waals surface area contributed by atoms with Crippen molar-refractivity contribution in [2.45, 2.75) is 25.0 Å². The molecule has 1 atom stereocenters. The molecular weight excluding hydrogens is 298 g/mol. The molecule has 1 aliphatic rings. The number of benzene rings is 1. The Kier molecular flexibility index (Phi) is 4.29. The van der Waals surface area contributed by atoms with Gasteiger partial charge in [0.2, 0.25) is 0 Å². The van der Waals surface area contributed by atoms with E-state index in [2.05, 4.69) is 17.0 Å². The van der Waals surface area contributed by atoms with E-state index in [0.717, 1.165) is 19.5 Å². The van der Waals surface area contributed by atoms with Gasteiger partial charge in [0.1, 0.15) is 10.5 Å². The van der Waals surface area contributed by atoms with E-state index in [1.165, 1.54) is 16.9 Å². The molecule has 1 aliphatic heterocycles. The molecule has 1 fully saturated rings. The normalized spacial score (nSPS) is 22.6. The lowest BCUT2D eigenvalue weighted by atomic mass is 9.85. The minimum Gasteiger partial charge on any atom is -0.477 e. The van der Waals surface area contributed by atoms with Crippen molar-refractivity contribution in [2.75, 3.05) is 13.1 Å². The summed E-state index contributed by atoms with van der Waals surface area (Å²) in [6, 6.07) is 11.9. The summed E-state index contributed by atoms with van der Waals surface area (Å²) in [5.41, 5.74) is 0.694. The second-order valence-corrected chi connectivity index (χ2v) is 6.72. The lowest BCUT2D eigenvalue weighted by molar-refractivity contribution is -0.0385. The minimum absolute atomic E-state index is 0.254. The third-order valence-corrected chi connectivity index (χ3v) is 5.06. The lowest BCUT2D eigenvalue weighted by Crippen LogP contribution is -2.46. The first kappa shape index (κ1) is 15.2. The third kappa shape index (κ3) is 3.06. The molecule has 0 radical (unpaired) electrons. The van der Waals surface area contributed by atoms with E-state index in [9.17, 15) is 15.0 Å². The summed E-state index contributed by atoms with van der Waals surface area (Å²) in [5, 5.41) is 22.0. The largest absolute Gasteiger partial charge is 0.477 e. The number of hydrogen-bond acceptors (Lipinski definition) is 4. The molecule has 1 aromatic heterocycles. The van der Waals surface area contributed by atoms with Gasteiger partial charge in [0.25, 0.3) is 0 Å². The Morgan fingerprint density at radius 3 is 2.77 bits per heavy atom. The van der Waals surface area contributed by atoms with Crippen LogP contribution in [-0.2, 0) is 12.1 Å². The van der Waals surface area contributed by atoms with E-state index >= 15 is 0 Å². The molecule has 0 aliphatic carbocycles. The molecule has 1 aromatic carbocycles. The number of carboxylic acid groups (broad SMARTS) is 1. The molecule has 0 bridgehead atoms. The van der Waals surface area contributed by atoms with Gasteiger partial charge in [0.05, 0.1) is 0 Å². The van der Waals surface area contributed by atoms with E-state index in [0.29, 0.717) is 18.5 Å². The minimum atomic E-state index is -1.07. The number of aliphatic hydroxyl groups is 1. The summed E-state index contributed by atoms with van der Waals surface area (Å²) in [4.78, 5) is 13.8. The van der Waals surface area contributed by atoms with Crippen LogP contribution in [0, 0.1) is 0 Å². The molecule has 2 aromatic rings. The number of carbonyl (C=O) groups is 1. The van der Waals surface area contributed by atoms with Gasteiger partial charge in [-0.25, -0.2) is 4.79 Å². The zero-order chi connectivity index (χ0) is 15.6. The van der Waals surface area contributed by atoms with Crippen LogP contribution in [0.5, 0.6) is 0 Å². The second kappa shape index (κ2) is 6.20. The standard InChI is InChI=1S/C17H19NO3S/c19-16(20)15-14(7-10-22-15)17(21)8-4-9-18(12-17)11-13-5-2-1-3-6-13/h1-3,5-7,10,21H,4,8-9,11-12H2,(H,19,20). The SMILES string of the molecule is O=C(O)c1sccc1C1(O)CCCN(Cc2ccccc2)C1. The zero-order valence-corrected chi connectivity index (χ0v) is 13.1. The fourth-order valence-electron chi connectivity index (χ4n) is 3.16. The number of thiophene rings is 1. The van der Waals surface area contributed by atoms with Crippen molar-refractivity contribution in [3.63, 3.8) is 0 Å². The molecule has 2 heterocycles. The molecule has 0 amide bonds. The van der Waals surface area contributed by atoms with Crippen LogP contribution in [0.15, 0.2) is 41.8 Å². The van der Waals surface area contributed by atoms with Gasteiger partial charge >= 0.3 is 5.97 Å². The van der Waals surface area contributed by atoms with Gasteiger partial charge in [-0.1, -0.05) is 30.3 Å². The Hall–Kier alpha value is -1.69. The number of likely N-dealkylation sites (tertiary alicyclic amines) is 1. The van der Waals surface area contributed by atoms with Crippen LogP contribution in [0.1, 0.15) is 33.6 Å². The van der Waals surface area contributed by atoms with E-state index in [1.54, 1.807) is 11.4 Å². The average Bonchev–Trinajstić information content (AvgIpc) is 2.99. The number of aromatic carboxylic acids is 1. The van der Waals surface area contributed by atoms with E-state index in [-0.39, 0.29) is 4.88 Å². The van der Waals surface area contributed by atoms with Crippen LogP contribution in [0.3, 0.4) is 0 Å². The Bertz CT molecular complexity index is 655. The highest BCUT2D eigenvalue weighted by Crippen LogP contribution is 2.36. The number of rotatable bonds is 4. The van der Waals surface area contributed by atoms with Crippen molar-refractivity contribution in [3.05, 3.63) is 57.8 Å². The van der Waals surface area contributed by atoms with Crippen LogP contribution < -0.4 is 0 Å². The third-order valence-electron chi connectivity index (χ3n) is 4.16. The summed E-state index contributed by atoms with van der Waals surface area (Å²) < 4.78 is 0. The molecule has 4 nitrogen and oxygen atoms in total. The van der Waals surface area contributed by atoms with Gasteiger partial charge in [-0.2, -0.15) is 0 Å². The van der Waals surface area contributed by atoms with Crippen LogP contribution in [-0.4, -0.2) is 34.2 Å². The maximum atomic E-state index is 11.3. The fourth-order valence-corrected chi connectivity index (χ4v) is 3.99. The van der Waals surface area contributed by atoms with E-state index in [1.807, 2.05) is 18.2 Å². The molecule has 2 N–H and O–H groups in total. The van der Waals surface area contributed by atoms with Crippen molar-refractivity contribution in [3.8, 4) is 0 Å². The molecule has 1 saturated heterocycles. The summed E-state index contributed by atoms with van der Waals surface area (Å²) in [6.07, 6.45) is 1.47. The summed E-state index contributed by atoms with van der Waals surface area (Å²) in [7, 11) is 0. The van der Waals surface area contributed by atoms with E-state index < -0.39 is 11.6 Å². The first-order valence-electron chi connectivity index (χ1n) is 7.38. The second-order valence-electron chi connectivity index (χ2n) is 5.80. The molecule has 0 spiro atoms. The van der Waals surface area contributed by atoms with Crippen molar-refractivity contribution in [1.29, 1.82) is 0 Å². The van der Waals surface area contributed by atoms with Gasteiger partial charge in [0.15, 0.2) is 0 Å². The van der Waals surface area contributed by atoms with Gasteiger partial charge in [-0.3, -0.25) is 4.90 Å². The van der Waals surface area contributed by atoms with Gasteiger partial charge in [0, 0.05) is 18.7 Å². The maximum Gasteiger partial charge on any atom is 0.346 e. The van der Waals surface area contributed by atoms with Crippen LogP contribution in [0.2, 0.25) is 0 Å². The number of piperidine rings is 1. The first-order valence-corrected chi connectivity index (χ1v) is 8.26. The molecular formula is C17H19NO3S. The molecule has 5 heteroatoms. The van der Waals surface area contributed by atoms with Crippen molar-refractivity contribution >= 4 is 17.3 Å². The lowest BCUT2D eigenvalue weighted by Gasteiger charge is -2.39. The average molecular weight is 317 g/mol. The topological polar surface area (TPSA) is 60.8 Å². The molecule has 3 rings (SSSR count). The summed E-state index contributed by atoms with van der Waals surface area (Å²) >= 11 is 1.18. The maximum absolute atomic E-state index is 11.3. The zero-order valence-electron chi connectivity index (χ0n) is 12.2. The summed E-state index contributed by atoms with van der Waals surface area (Å²) in [6.45, 7) is 2.17. The predicted molar refractivity (Wildman–Crippen MR) is 86.1 cm³/mol. The highest BCUT2D eigenvalue weighted by molar-refractivity contribution is 7.12. The Balaban J connectivity index is 1.79. The fraction of sp³-hybridized carbons (Fsp3) is 0.353. The van der Waals surface area contributed by atoms with E-state index in [4.69, 9.17) is 0 Å². The molecule has 22 heavy (non-hydrogen) atoms. The van der Waals surface area contributed by atoms with Crippen LogP contribution in [0.4, 0.5) is 0 Å². The number of carboxylic acids is 1. The van der Waals surface area contributed by atoms with Gasteiger partial charge in [-0.15, -0.1) is 11.3 Å². The molecule has 116 valence electrons. The Morgan fingerprint density at radius 2 is 2.05 bits per heavy atom. The Morgan fingerprint density at radius 1 is 1.27 bits per heavy atom. The summed E-state index contributed by atoms with van der Waals surface area (Å²) in [5.74, 6) is -0.960. The van der Waals surface area contributed by atoms with Crippen molar-refractivity contribution < 1.29 is 15.0 Å². The smallest absolute Gasteiger partial charge is 0.346 e. The highest BCUT2D eigenvalue weighted by atomic mass is 32.1. The van der Waals surface area contributed by atoms with Gasteiger partial charge < -0.3 is 10.2 Å². The predicted octanol–water partition coefficient (Wildman–Crippen LogP) is 2.93. The van der Waals surface area contributed by atoms with Crippen molar-refractivity contribution in [1.82, 2.24) is 4.90 Å². The van der Waals surface area contributed by atoms with Crippen LogP contribution >= 0.6 is 11.3 Å². The monoisotopic (exact) mass is 317 g/mol. The number of β-amino-alcohol motifs (C(OH)–C–C–N with tert-alkyl or cyclic N) is 1.